The third-order valence-electron chi connectivity index (χ3n) is 4.27. The molecule has 1 heterocycles. The van der Waals surface area contributed by atoms with Crippen LogP contribution in [0.3, 0.4) is 0 Å². The van der Waals surface area contributed by atoms with E-state index in [2.05, 4.69) is 33.9 Å². The van der Waals surface area contributed by atoms with E-state index in [0.29, 0.717) is 6.61 Å². The predicted molar refractivity (Wildman–Crippen MR) is 86.8 cm³/mol. The fourth-order valence-electron chi connectivity index (χ4n) is 2.00. The molecule has 5 heteroatoms. The molecule has 1 aliphatic heterocycles. The Morgan fingerprint density at radius 3 is 2.62 bits per heavy atom. The summed E-state index contributed by atoms with van der Waals surface area (Å²) < 4.78 is 17.1. The first kappa shape index (κ1) is 18.4. The van der Waals surface area contributed by atoms with Gasteiger partial charge in [-0.3, -0.25) is 0 Å². The van der Waals surface area contributed by atoms with Crippen molar-refractivity contribution in [3.63, 3.8) is 0 Å². The Balaban J connectivity index is 2.72. The highest BCUT2D eigenvalue weighted by Gasteiger charge is 2.41. The average Bonchev–Trinajstić information content (AvgIpc) is 2.36. The lowest BCUT2D eigenvalue weighted by Gasteiger charge is -2.42. The average molecular weight is 314 g/mol. The smallest absolute Gasteiger partial charge is 0.330 e. The van der Waals surface area contributed by atoms with Gasteiger partial charge in [0.1, 0.15) is 6.10 Å². The molecule has 2 atom stereocenters. The van der Waals surface area contributed by atoms with Crippen molar-refractivity contribution in [1.82, 2.24) is 0 Å². The molecule has 1 aliphatic rings. The van der Waals surface area contributed by atoms with Gasteiger partial charge in [-0.05, 0) is 44.0 Å². The van der Waals surface area contributed by atoms with E-state index in [1.165, 1.54) is 6.08 Å². The van der Waals surface area contributed by atoms with Gasteiger partial charge in [0.25, 0.3) is 0 Å². The van der Waals surface area contributed by atoms with E-state index in [4.69, 9.17) is 13.9 Å². The number of hydrogen-bond acceptors (Lipinski definition) is 4. The minimum absolute atomic E-state index is 0.0327. The summed E-state index contributed by atoms with van der Waals surface area (Å²) in [7, 11) is -1.84. The molecule has 0 aromatic rings. The lowest BCUT2D eigenvalue weighted by atomic mass is 10.1. The van der Waals surface area contributed by atoms with Crippen molar-refractivity contribution in [3.05, 3.63) is 12.2 Å². The maximum absolute atomic E-state index is 11.4. The number of esters is 1. The zero-order valence-corrected chi connectivity index (χ0v) is 15.3. The van der Waals surface area contributed by atoms with E-state index < -0.39 is 8.32 Å². The van der Waals surface area contributed by atoms with Gasteiger partial charge in [0.05, 0.1) is 12.7 Å². The number of carbonyl (C=O) groups is 1. The molecule has 0 aromatic heterocycles. The summed E-state index contributed by atoms with van der Waals surface area (Å²) in [4.78, 5) is 11.4. The SMILES string of the molecule is CCOC(=O)/C=C/[C@H]1OCCC[C@@H]1O[Si](C)(C)C(C)(C)C. The van der Waals surface area contributed by atoms with Crippen LogP contribution < -0.4 is 0 Å². The van der Waals surface area contributed by atoms with Crippen molar-refractivity contribution in [2.45, 2.75) is 70.9 Å². The highest BCUT2D eigenvalue weighted by atomic mass is 28.4. The summed E-state index contributed by atoms with van der Waals surface area (Å²) in [6.45, 7) is 14.1. The molecule has 1 saturated heterocycles. The largest absolute Gasteiger partial charge is 0.463 e. The normalized spacial score (nSPS) is 24.3. The second-order valence-electron chi connectivity index (χ2n) is 7.01. The van der Waals surface area contributed by atoms with Crippen LogP contribution in [0.5, 0.6) is 0 Å². The monoisotopic (exact) mass is 314 g/mol. The van der Waals surface area contributed by atoms with Gasteiger partial charge in [-0.2, -0.15) is 0 Å². The van der Waals surface area contributed by atoms with E-state index >= 15 is 0 Å². The first-order valence-corrected chi connectivity index (χ1v) is 10.7. The summed E-state index contributed by atoms with van der Waals surface area (Å²) in [5, 5.41) is 0.167. The minimum Gasteiger partial charge on any atom is -0.463 e. The summed E-state index contributed by atoms with van der Waals surface area (Å²) in [6, 6.07) is 0. The Kier molecular flexibility index (Phi) is 6.62. The molecule has 1 fully saturated rings. The van der Waals surface area contributed by atoms with Crippen LogP contribution in [0.25, 0.3) is 0 Å². The highest BCUT2D eigenvalue weighted by Crippen LogP contribution is 2.38. The molecule has 0 spiro atoms. The van der Waals surface area contributed by atoms with E-state index in [1.54, 1.807) is 13.0 Å². The van der Waals surface area contributed by atoms with Gasteiger partial charge >= 0.3 is 5.97 Å². The van der Waals surface area contributed by atoms with Crippen LogP contribution in [0.15, 0.2) is 12.2 Å². The van der Waals surface area contributed by atoms with E-state index in [-0.39, 0.29) is 23.2 Å². The van der Waals surface area contributed by atoms with Crippen molar-refractivity contribution in [2.24, 2.45) is 0 Å². The fraction of sp³-hybridized carbons (Fsp3) is 0.812. The molecular formula is C16H30O4Si. The molecule has 0 N–H and O–H groups in total. The van der Waals surface area contributed by atoms with Crippen LogP contribution in [-0.2, 0) is 18.7 Å². The number of carbonyl (C=O) groups excluding carboxylic acids is 1. The van der Waals surface area contributed by atoms with Crippen molar-refractivity contribution in [1.29, 1.82) is 0 Å². The quantitative estimate of drug-likeness (QED) is 0.441. The standard InChI is InChI=1S/C16H30O4Si/c1-7-18-15(17)11-10-13-14(9-8-12-19-13)20-21(5,6)16(2,3)4/h10-11,13-14H,7-9,12H2,1-6H3/b11-10+/t13-,14+/m1/s1. The molecule has 0 aromatic carbocycles. The molecule has 122 valence electrons. The fourth-order valence-corrected chi connectivity index (χ4v) is 3.36. The van der Waals surface area contributed by atoms with Gasteiger partial charge in [0.15, 0.2) is 8.32 Å². The Morgan fingerprint density at radius 1 is 1.38 bits per heavy atom. The molecule has 1 rings (SSSR count). The topological polar surface area (TPSA) is 44.8 Å². The maximum Gasteiger partial charge on any atom is 0.330 e. The summed E-state index contributed by atoms with van der Waals surface area (Å²) >= 11 is 0. The number of hydrogen-bond donors (Lipinski definition) is 0. The van der Waals surface area contributed by atoms with Gasteiger partial charge < -0.3 is 13.9 Å². The molecule has 0 amide bonds. The van der Waals surface area contributed by atoms with Crippen LogP contribution in [0, 0.1) is 0 Å². The second-order valence-corrected chi connectivity index (χ2v) is 11.8. The summed E-state index contributed by atoms with van der Waals surface area (Å²) in [5.41, 5.74) is 0. The summed E-state index contributed by atoms with van der Waals surface area (Å²) in [5.74, 6) is -0.322. The highest BCUT2D eigenvalue weighted by molar-refractivity contribution is 6.74. The van der Waals surface area contributed by atoms with Crippen molar-refractivity contribution < 1.29 is 18.7 Å². The van der Waals surface area contributed by atoms with Crippen LogP contribution in [0.2, 0.25) is 18.1 Å². The zero-order chi connectivity index (χ0) is 16.1. The van der Waals surface area contributed by atoms with Crippen LogP contribution in [0.1, 0.15) is 40.5 Å². The van der Waals surface area contributed by atoms with Crippen molar-refractivity contribution in [2.75, 3.05) is 13.2 Å². The molecule has 0 aliphatic carbocycles. The Labute approximate surface area is 130 Å². The molecule has 4 nitrogen and oxygen atoms in total. The van der Waals surface area contributed by atoms with Gasteiger partial charge in [0, 0.05) is 12.7 Å². The van der Waals surface area contributed by atoms with Gasteiger partial charge in [-0.1, -0.05) is 20.8 Å². The number of rotatable bonds is 5. The third kappa shape index (κ3) is 5.56. The lowest BCUT2D eigenvalue weighted by molar-refractivity contribution is -0.137. The van der Waals surface area contributed by atoms with Gasteiger partial charge in [-0.25, -0.2) is 4.79 Å². The first-order valence-electron chi connectivity index (χ1n) is 7.82. The predicted octanol–water partition coefficient (Wildman–Crippen LogP) is 3.68. The molecule has 0 unspecified atom stereocenters. The van der Waals surface area contributed by atoms with Crippen molar-refractivity contribution >= 4 is 14.3 Å². The molecule has 21 heavy (non-hydrogen) atoms. The van der Waals surface area contributed by atoms with Crippen molar-refractivity contribution in [3.8, 4) is 0 Å². The van der Waals surface area contributed by atoms with Gasteiger partial charge in [0.2, 0.25) is 0 Å². The Morgan fingerprint density at radius 2 is 2.05 bits per heavy atom. The van der Waals surface area contributed by atoms with Crippen LogP contribution >= 0.6 is 0 Å². The minimum atomic E-state index is -1.84. The van der Waals surface area contributed by atoms with E-state index in [9.17, 15) is 4.79 Å². The molecule has 0 bridgehead atoms. The number of ether oxygens (including phenoxy) is 2. The molecule has 0 saturated carbocycles. The van der Waals surface area contributed by atoms with Gasteiger partial charge in [-0.15, -0.1) is 0 Å². The third-order valence-corrected chi connectivity index (χ3v) is 8.77. The maximum atomic E-state index is 11.4. The van der Waals surface area contributed by atoms with E-state index in [0.717, 1.165) is 19.4 Å². The zero-order valence-electron chi connectivity index (χ0n) is 14.3. The van der Waals surface area contributed by atoms with Crippen LogP contribution in [-0.4, -0.2) is 39.7 Å². The van der Waals surface area contributed by atoms with E-state index in [1.807, 2.05) is 0 Å². The Hall–Kier alpha value is -0.653. The first-order chi connectivity index (χ1) is 9.67. The van der Waals surface area contributed by atoms with Crippen LogP contribution in [0.4, 0.5) is 0 Å². The Bertz CT molecular complexity index is 371. The second kappa shape index (κ2) is 7.56. The molecule has 0 radical (unpaired) electrons. The summed E-state index contributed by atoms with van der Waals surface area (Å²) in [6.07, 6.45) is 5.10. The lowest BCUT2D eigenvalue weighted by Crippen LogP contribution is -2.48. The molecular weight excluding hydrogens is 284 g/mol.